The maximum atomic E-state index is 13.9. The third-order valence-corrected chi connectivity index (χ3v) is 11.6. The molecule has 0 aromatic heterocycles. The van der Waals surface area contributed by atoms with Crippen LogP contribution >= 0.6 is 0 Å². The highest BCUT2D eigenvalue weighted by Gasteiger charge is 2.72. The second-order valence-electron chi connectivity index (χ2n) is 14.2. The van der Waals surface area contributed by atoms with Crippen LogP contribution in [0.25, 0.3) is 0 Å². The Hall–Kier alpha value is -2.50. The van der Waals surface area contributed by atoms with Gasteiger partial charge in [-0.05, 0) is 91.4 Å². The van der Waals surface area contributed by atoms with E-state index in [0.29, 0.717) is 28.9 Å². The van der Waals surface area contributed by atoms with E-state index < -0.39 is 68.6 Å². The lowest BCUT2D eigenvalue weighted by atomic mass is 9.49. The highest BCUT2D eigenvalue weighted by Crippen LogP contribution is 2.61. The molecule has 0 amide bonds. The van der Waals surface area contributed by atoms with Gasteiger partial charge in [0.05, 0.1) is 10.3 Å². The van der Waals surface area contributed by atoms with Crippen LogP contribution in [0.3, 0.4) is 0 Å². The normalized spacial score (nSPS) is 39.3. The van der Waals surface area contributed by atoms with Gasteiger partial charge in [-0.2, -0.15) is 0 Å². The summed E-state index contributed by atoms with van der Waals surface area (Å²) in [4.78, 5) is 40.3. The van der Waals surface area contributed by atoms with Crippen molar-refractivity contribution in [3.63, 3.8) is 0 Å². The summed E-state index contributed by atoms with van der Waals surface area (Å²) in [6.45, 7) is 7.21. The van der Waals surface area contributed by atoms with Gasteiger partial charge in [-0.1, -0.05) is 27.7 Å². The molecule has 3 saturated heterocycles. The molecule has 1 aromatic rings. The first kappa shape index (κ1) is 28.3. The Bertz CT molecular complexity index is 1400. The molecule has 0 radical (unpaired) electrons. The molecule has 7 fully saturated rings. The molecule has 0 N–H and O–H groups in total. The van der Waals surface area contributed by atoms with E-state index >= 15 is 0 Å². The second kappa shape index (κ2) is 9.50. The van der Waals surface area contributed by atoms with Crippen LogP contribution in [0.2, 0.25) is 0 Å². The van der Waals surface area contributed by atoms with Gasteiger partial charge in [0.25, 0.3) is 0 Å². The van der Waals surface area contributed by atoms with Gasteiger partial charge in [0.1, 0.15) is 39.9 Å². The zero-order chi connectivity index (χ0) is 29.9. The number of esters is 3. The van der Waals surface area contributed by atoms with E-state index in [0.717, 1.165) is 19.3 Å². The fourth-order valence-electron chi connectivity index (χ4n) is 9.28. The van der Waals surface area contributed by atoms with Gasteiger partial charge in [-0.3, -0.25) is 14.4 Å². The lowest BCUT2D eigenvalue weighted by molar-refractivity contribution is -0.185. The van der Waals surface area contributed by atoms with Crippen molar-refractivity contribution in [3.05, 3.63) is 23.3 Å². The highest BCUT2D eigenvalue weighted by atomic mass is 32.2. The fraction of sp³-hybridized carbons (Fsp3) is 0.710. The molecule has 6 bridgehead atoms. The molecule has 1 aromatic carbocycles. The zero-order valence-corrected chi connectivity index (χ0v) is 25.1. The Morgan fingerprint density at radius 1 is 0.929 bits per heavy atom. The van der Waals surface area contributed by atoms with Crippen molar-refractivity contribution in [1.29, 1.82) is 0 Å². The van der Waals surface area contributed by atoms with Crippen molar-refractivity contribution in [3.8, 4) is 5.75 Å². The van der Waals surface area contributed by atoms with Crippen molar-refractivity contribution in [2.45, 2.75) is 107 Å². The minimum Gasteiger partial charge on any atom is -0.744 e. The van der Waals surface area contributed by atoms with Gasteiger partial charge in [0.15, 0.2) is 12.2 Å². The number of fused-ring (bicyclic) bond motifs is 1. The van der Waals surface area contributed by atoms with E-state index in [1.165, 1.54) is 31.4 Å². The molecule has 228 valence electrons. The summed E-state index contributed by atoms with van der Waals surface area (Å²) >= 11 is 0. The monoisotopic (exact) mass is 601 g/mol. The molecule has 6 unspecified atom stereocenters. The lowest BCUT2D eigenvalue weighted by Gasteiger charge is -2.55. The van der Waals surface area contributed by atoms with Crippen molar-refractivity contribution >= 4 is 28.0 Å². The number of rotatable bonds is 7. The minimum absolute atomic E-state index is 0.171. The van der Waals surface area contributed by atoms with Crippen LogP contribution in [0.1, 0.15) is 89.2 Å². The Labute approximate surface area is 245 Å². The number of hydrogen-bond acceptors (Lipinski definition) is 10. The summed E-state index contributed by atoms with van der Waals surface area (Å²) < 4.78 is 59.6. The molecule has 3 aliphatic heterocycles. The van der Waals surface area contributed by atoms with Gasteiger partial charge in [0.2, 0.25) is 0 Å². The second-order valence-corrected chi connectivity index (χ2v) is 15.6. The maximum absolute atomic E-state index is 13.9. The third-order valence-electron chi connectivity index (χ3n) is 10.7. The molecule has 4 aliphatic carbocycles. The largest absolute Gasteiger partial charge is 0.744 e. The summed E-state index contributed by atoms with van der Waals surface area (Å²) in [6, 6.07) is 2.49. The van der Waals surface area contributed by atoms with Crippen molar-refractivity contribution in [2.24, 2.45) is 35.0 Å². The maximum Gasteiger partial charge on any atom is 0.318 e. The van der Waals surface area contributed by atoms with E-state index in [4.69, 9.17) is 18.9 Å². The SMILES string of the molecule is CC(C)c1cc(S(=O)(=O)[O-])cc(C(C)C)c1OC(=O)C1C2OC3C(OC(=O)C31)C2OC(=O)C12CC3CC(CC(C3)C1)C2. The summed E-state index contributed by atoms with van der Waals surface area (Å²) in [5, 5.41) is 0. The highest BCUT2D eigenvalue weighted by molar-refractivity contribution is 7.85. The van der Waals surface area contributed by atoms with E-state index in [1.54, 1.807) is 27.7 Å². The van der Waals surface area contributed by atoms with Gasteiger partial charge in [0, 0.05) is 0 Å². The van der Waals surface area contributed by atoms with Crippen molar-refractivity contribution < 1.29 is 46.3 Å². The van der Waals surface area contributed by atoms with E-state index in [-0.39, 0.29) is 23.6 Å². The predicted molar refractivity (Wildman–Crippen MR) is 144 cm³/mol. The van der Waals surface area contributed by atoms with Crippen LogP contribution in [0.15, 0.2) is 17.0 Å². The number of benzene rings is 1. The predicted octanol–water partition coefficient (Wildman–Crippen LogP) is 3.81. The number of carbonyl (C=O) groups excluding carboxylic acids is 3. The third kappa shape index (κ3) is 4.24. The van der Waals surface area contributed by atoms with Gasteiger partial charge in [-0.25, -0.2) is 8.42 Å². The van der Waals surface area contributed by atoms with E-state index in [9.17, 15) is 27.4 Å². The Morgan fingerprint density at radius 2 is 1.48 bits per heavy atom. The molecule has 10 nitrogen and oxygen atoms in total. The van der Waals surface area contributed by atoms with Crippen LogP contribution in [-0.2, 0) is 38.7 Å². The topological polar surface area (TPSA) is 145 Å². The minimum atomic E-state index is -4.75. The molecular formula is C31H37O10S-. The molecule has 7 aliphatic rings. The first-order chi connectivity index (χ1) is 19.8. The molecule has 11 heteroatoms. The number of hydrogen-bond donors (Lipinski definition) is 0. The Morgan fingerprint density at radius 3 is 1.98 bits per heavy atom. The average Bonchev–Trinajstić information content (AvgIpc) is 3.51. The molecule has 42 heavy (non-hydrogen) atoms. The Balaban J connectivity index is 1.17. The number of ether oxygens (including phenoxy) is 4. The van der Waals surface area contributed by atoms with E-state index in [1.807, 2.05) is 0 Å². The average molecular weight is 602 g/mol. The summed E-state index contributed by atoms with van der Waals surface area (Å²) in [5.41, 5.74) is 0.269. The molecule has 4 saturated carbocycles. The summed E-state index contributed by atoms with van der Waals surface area (Å²) in [6.07, 6.45) is 2.74. The first-order valence-corrected chi connectivity index (χ1v) is 16.6. The van der Waals surface area contributed by atoms with Gasteiger partial charge >= 0.3 is 17.9 Å². The van der Waals surface area contributed by atoms with Crippen LogP contribution < -0.4 is 4.74 Å². The summed E-state index contributed by atoms with van der Waals surface area (Å²) in [7, 11) is -4.75. The van der Waals surface area contributed by atoms with Crippen LogP contribution in [-0.4, -0.2) is 55.3 Å². The van der Waals surface area contributed by atoms with Crippen molar-refractivity contribution in [1.82, 2.24) is 0 Å². The van der Waals surface area contributed by atoms with E-state index in [2.05, 4.69) is 0 Å². The van der Waals surface area contributed by atoms with Crippen LogP contribution in [0.4, 0.5) is 0 Å². The molecule has 0 spiro atoms. The fourth-order valence-corrected chi connectivity index (χ4v) is 9.83. The molecule has 8 rings (SSSR count). The molecule has 6 atom stereocenters. The van der Waals surface area contributed by atoms with Crippen molar-refractivity contribution in [2.75, 3.05) is 0 Å². The Kier molecular flexibility index (Phi) is 6.40. The molecule has 3 heterocycles. The van der Waals surface area contributed by atoms with Gasteiger partial charge in [-0.15, -0.1) is 0 Å². The smallest absolute Gasteiger partial charge is 0.318 e. The van der Waals surface area contributed by atoms with Gasteiger partial charge < -0.3 is 23.5 Å². The lowest BCUT2D eigenvalue weighted by Crippen LogP contribution is -2.54. The number of carbonyl (C=O) groups is 3. The first-order valence-electron chi connectivity index (χ1n) is 15.2. The quantitative estimate of drug-likeness (QED) is 0.257. The molecular weight excluding hydrogens is 564 g/mol. The van der Waals surface area contributed by atoms with Crippen LogP contribution in [0, 0.1) is 35.0 Å². The summed E-state index contributed by atoms with van der Waals surface area (Å²) in [5.74, 6) is -2.27. The zero-order valence-electron chi connectivity index (χ0n) is 24.2. The van der Waals surface area contributed by atoms with Crippen LogP contribution in [0.5, 0.6) is 5.75 Å². The standard InChI is InChI=1S/C31H38O10S/c1-13(2)19-8-18(42(35,36)37)9-20(14(3)4)23(19)39-28(32)22-21-24-26(40-29(21)33)27(25(22)38-24)41-30(34)31-10-15-5-16(11-31)7-17(6-15)12-31/h8-9,13-17,21-22,24-27H,5-7,10-12H2,1-4H3,(H,35,36,37)/p-1.